The molecular weight excluding hydrogens is 250 g/mol. The van der Waals surface area contributed by atoms with E-state index < -0.39 is 11.0 Å². The van der Waals surface area contributed by atoms with Crippen molar-refractivity contribution < 1.29 is 15.1 Å². The number of hydrogen-bond donors (Lipinski definition) is 2. The van der Waals surface area contributed by atoms with Crippen LogP contribution in [0.1, 0.15) is 24.8 Å². The first-order valence-corrected chi connectivity index (χ1v) is 6.39. The van der Waals surface area contributed by atoms with E-state index in [2.05, 4.69) is 0 Å². The second-order valence-corrected chi connectivity index (χ2v) is 6.16. The minimum absolute atomic E-state index is 0.00574. The standard InChI is InChI=1S/C9H13NO4S2/c1-5(4-11)15-9-7(10(13)14)3-8(16-9)6(2)12/h3,5-6,11-12H,4H2,1-2H3. The number of hydrogen-bond acceptors (Lipinski definition) is 6. The molecule has 0 fully saturated rings. The maximum Gasteiger partial charge on any atom is 0.294 e. The Kier molecular flexibility index (Phi) is 4.72. The number of aliphatic hydroxyl groups excluding tert-OH is 2. The van der Waals surface area contributed by atoms with Crippen molar-refractivity contribution in [3.8, 4) is 0 Å². The maximum absolute atomic E-state index is 10.8. The van der Waals surface area contributed by atoms with Crippen LogP contribution in [0.25, 0.3) is 0 Å². The predicted molar refractivity (Wildman–Crippen MR) is 64.0 cm³/mol. The van der Waals surface area contributed by atoms with E-state index in [9.17, 15) is 15.2 Å². The van der Waals surface area contributed by atoms with Gasteiger partial charge in [0, 0.05) is 16.2 Å². The molecule has 0 aliphatic carbocycles. The van der Waals surface area contributed by atoms with Crippen molar-refractivity contribution in [2.75, 3.05) is 6.61 Å². The van der Waals surface area contributed by atoms with Gasteiger partial charge in [0.15, 0.2) is 0 Å². The minimum Gasteiger partial charge on any atom is -0.395 e. The van der Waals surface area contributed by atoms with E-state index in [1.165, 1.54) is 29.2 Å². The molecule has 0 bridgehead atoms. The van der Waals surface area contributed by atoms with Gasteiger partial charge in [0.2, 0.25) is 0 Å². The van der Waals surface area contributed by atoms with Gasteiger partial charge in [0.1, 0.15) is 4.21 Å². The molecule has 1 rings (SSSR count). The largest absolute Gasteiger partial charge is 0.395 e. The Morgan fingerprint density at radius 2 is 2.25 bits per heavy atom. The average Bonchev–Trinajstić information content (AvgIpc) is 2.61. The lowest BCUT2D eigenvalue weighted by Crippen LogP contribution is -2.01. The number of rotatable bonds is 5. The molecule has 16 heavy (non-hydrogen) atoms. The van der Waals surface area contributed by atoms with Crippen LogP contribution >= 0.6 is 23.1 Å². The van der Waals surface area contributed by atoms with E-state index in [1.807, 2.05) is 0 Å². The lowest BCUT2D eigenvalue weighted by atomic mass is 10.3. The van der Waals surface area contributed by atoms with Gasteiger partial charge >= 0.3 is 0 Å². The van der Waals surface area contributed by atoms with E-state index >= 15 is 0 Å². The molecule has 0 radical (unpaired) electrons. The first-order valence-electron chi connectivity index (χ1n) is 4.69. The van der Waals surface area contributed by atoms with Crippen molar-refractivity contribution in [3.05, 3.63) is 21.1 Å². The third kappa shape index (κ3) is 3.18. The van der Waals surface area contributed by atoms with Gasteiger partial charge in [-0.3, -0.25) is 10.1 Å². The van der Waals surface area contributed by atoms with Gasteiger partial charge in [-0.05, 0) is 6.92 Å². The summed E-state index contributed by atoms with van der Waals surface area (Å²) in [6.45, 7) is 3.32. The molecule has 0 spiro atoms. The summed E-state index contributed by atoms with van der Waals surface area (Å²) in [6.07, 6.45) is -0.706. The zero-order chi connectivity index (χ0) is 12.3. The summed E-state index contributed by atoms with van der Waals surface area (Å²) in [5, 5.41) is 29.0. The number of thiophene rings is 1. The van der Waals surface area contributed by atoms with Crippen molar-refractivity contribution in [1.29, 1.82) is 0 Å². The van der Waals surface area contributed by atoms with E-state index in [-0.39, 0.29) is 17.5 Å². The molecule has 0 aromatic carbocycles. The van der Waals surface area contributed by atoms with Crippen molar-refractivity contribution >= 4 is 28.8 Å². The van der Waals surface area contributed by atoms with Crippen LogP contribution in [0.2, 0.25) is 0 Å². The molecule has 0 aliphatic rings. The summed E-state index contributed by atoms with van der Waals surface area (Å²) in [6, 6.07) is 1.39. The number of nitrogens with zero attached hydrogens (tertiary/aromatic N) is 1. The second-order valence-electron chi connectivity index (χ2n) is 3.37. The number of aliphatic hydroxyl groups is 2. The van der Waals surface area contributed by atoms with Crippen molar-refractivity contribution in [2.24, 2.45) is 0 Å². The van der Waals surface area contributed by atoms with Gasteiger partial charge in [0.05, 0.1) is 17.6 Å². The first-order chi connectivity index (χ1) is 7.45. The molecule has 0 aliphatic heterocycles. The zero-order valence-corrected chi connectivity index (χ0v) is 10.5. The van der Waals surface area contributed by atoms with Crippen LogP contribution in [0.15, 0.2) is 10.3 Å². The summed E-state index contributed by atoms with van der Waals surface area (Å²) in [5.41, 5.74) is 0.00574. The van der Waals surface area contributed by atoms with Crippen molar-refractivity contribution in [3.63, 3.8) is 0 Å². The van der Waals surface area contributed by atoms with Crippen LogP contribution < -0.4 is 0 Å². The minimum atomic E-state index is -0.706. The summed E-state index contributed by atoms with van der Waals surface area (Å²) in [5.74, 6) is 0. The topological polar surface area (TPSA) is 83.6 Å². The van der Waals surface area contributed by atoms with Gasteiger partial charge in [-0.15, -0.1) is 23.1 Å². The average molecular weight is 263 g/mol. The first kappa shape index (κ1) is 13.4. The fourth-order valence-corrected chi connectivity index (χ4v) is 3.48. The van der Waals surface area contributed by atoms with Crippen LogP contribution in [-0.4, -0.2) is 27.0 Å². The fraction of sp³-hybridized carbons (Fsp3) is 0.556. The van der Waals surface area contributed by atoms with E-state index in [0.29, 0.717) is 9.09 Å². The second kappa shape index (κ2) is 5.62. The van der Waals surface area contributed by atoms with Crippen LogP contribution in [0.3, 0.4) is 0 Å². The Bertz CT molecular complexity index is 378. The van der Waals surface area contributed by atoms with Crippen LogP contribution in [0, 0.1) is 10.1 Å². The summed E-state index contributed by atoms with van der Waals surface area (Å²) < 4.78 is 0.530. The lowest BCUT2D eigenvalue weighted by molar-refractivity contribution is -0.387. The Morgan fingerprint density at radius 1 is 1.62 bits per heavy atom. The van der Waals surface area contributed by atoms with Gasteiger partial charge in [-0.2, -0.15) is 0 Å². The molecule has 90 valence electrons. The van der Waals surface area contributed by atoms with Gasteiger partial charge in [0.25, 0.3) is 5.69 Å². The Hall–Kier alpha value is -0.630. The van der Waals surface area contributed by atoms with Gasteiger partial charge in [-0.1, -0.05) is 6.92 Å². The highest BCUT2D eigenvalue weighted by molar-refractivity contribution is 8.01. The molecule has 5 nitrogen and oxygen atoms in total. The molecule has 0 amide bonds. The normalized spacial score (nSPS) is 14.8. The molecule has 1 aromatic heterocycles. The Morgan fingerprint density at radius 3 is 2.69 bits per heavy atom. The van der Waals surface area contributed by atoms with E-state index in [0.717, 1.165) is 0 Å². The quantitative estimate of drug-likeness (QED) is 0.483. The van der Waals surface area contributed by atoms with Crippen molar-refractivity contribution in [1.82, 2.24) is 0 Å². The van der Waals surface area contributed by atoms with Gasteiger partial charge in [-0.25, -0.2) is 0 Å². The molecule has 2 N–H and O–H groups in total. The molecule has 2 atom stereocenters. The fourth-order valence-electron chi connectivity index (χ4n) is 1.02. The lowest BCUT2D eigenvalue weighted by Gasteiger charge is -2.04. The zero-order valence-electron chi connectivity index (χ0n) is 8.91. The third-order valence-corrected chi connectivity index (χ3v) is 4.47. The van der Waals surface area contributed by atoms with E-state index in [1.54, 1.807) is 13.8 Å². The molecule has 2 unspecified atom stereocenters. The number of nitro groups is 1. The Labute approximate surface area is 101 Å². The summed E-state index contributed by atoms with van der Waals surface area (Å²) in [7, 11) is 0. The molecular formula is C9H13NO4S2. The Balaban J connectivity index is 3.00. The smallest absolute Gasteiger partial charge is 0.294 e. The molecule has 7 heteroatoms. The van der Waals surface area contributed by atoms with Crippen LogP contribution in [0.5, 0.6) is 0 Å². The summed E-state index contributed by atoms with van der Waals surface area (Å²) in [4.78, 5) is 10.9. The third-order valence-electron chi connectivity index (χ3n) is 1.87. The van der Waals surface area contributed by atoms with Gasteiger partial charge < -0.3 is 10.2 Å². The molecule has 1 heterocycles. The summed E-state index contributed by atoms with van der Waals surface area (Å²) >= 11 is 2.45. The van der Waals surface area contributed by atoms with Crippen LogP contribution in [-0.2, 0) is 0 Å². The molecule has 0 saturated heterocycles. The maximum atomic E-state index is 10.8. The monoisotopic (exact) mass is 263 g/mol. The highest BCUT2D eigenvalue weighted by Gasteiger charge is 2.22. The predicted octanol–water partition coefficient (Wildman–Crippen LogP) is 2.18. The molecule has 0 saturated carbocycles. The number of thioether (sulfide) groups is 1. The van der Waals surface area contributed by atoms with Crippen LogP contribution in [0.4, 0.5) is 5.69 Å². The highest BCUT2D eigenvalue weighted by atomic mass is 32.2. The van der Waals surface area contributed by atoms with Crippen molar-refractivity contribution in [2.45, 2.75) is 29.4 Å². The SMILES string of the molecule is CC(CO)Sc1sc(C(C)O)cc1[N+](=O)[O-]. The highest BCUT2D eigenvalue weighted by Crippen LogP contribution is 2.41. The molecule has 1 aromatic rings. The van der Waals surface area contributed by atoms with E-state index in [4.69, 9.17) is 5.11 Å².